The largest absolute Gasteiger partial charge is 0.468 e. The summed E-state index contributed by atoms with van der Waals surface area (Å²) in [4.78, 5) is 22.2. The van der Waals surface area contributed by atoms with Crippen molar-refractivity contribution in [2.45, 2.75) is 0 Å². The maximum absolute atomic E-state index is 11.1. The Hall–Kier alpha value is -1.14. The molecule has 0 aliphatic carbocycles. The molecule has 0 aliphatic heterocycles. The standard InChI is InChI=1S/C8H16N2O4/c1-13-7(11)6(8(12)14-2)5-10-4-3-9/h6,10H,3-5,9H2,1-2H3. The molecule has 0 fully saturated rings. The van der Waals surface area contributed by atoms with E-state index in [2.05, 4.69) is 14.8 Å². The van der Waals surface area contributed by atoms with Crippen molar-refractivity contribution < 1.29 is 19.1 Å². The van der Waals surface area contributed by atoms with E-state index in [9.17, 15) is 9.59 Å². The molecule has 0 aromatic carbocycles. The Bertz CT molecular complexity index is 180. The lowest BCUT2D eigenvalue weighted by molar-refractivity contribution is -0.158. The van der Waals surface area contributed by atoms with Gasteiger partial charge in [-0.3, -0.25) is 9.59 Å². The molecule has 0 saturated heterocycles. The van der Waals surface area contributed by atoms with E-state index >= 15 is 0 Å². The minimum absolute atomic E-state index is 0.177. The highest BCUT2D eigenvalue weighted by Crippen LogP contribution is 2.00. The first-order chi connectivity index (χ1) is 6.67. The van der Waals surface area contributed by atoms with Gasteiger partial charge in [0.15, 0.2) is 5.92 Å². The van der Waals surface area contributed by atoms with Crippen LogP contribution in [0.3, 0.4) is 0 Å². The fraction of sp³-hybridized carbons (Fsp3) is 0.750. The van der Waals surface area contributed by atoms with E-state index in [0.29, 0.717) is 13.1 Å². The van der Waals surface area contributed by atoms with Gasteiger partial charge in [-0.25, -0.2) is 0 Å². The first-order valence-corrected chi connectivity index (χ1v) is 4.23. The maximum Gasteiger partial charge on any atom is 0.321 e. The summed E-state index contributed by atoms with van der Waals surface area (Å²) >= 11 is 0. The number of nitrogens with two attached hydrogens (primary N) is 1. The van der Waals surface area contributed by atoms with Crippen molar-refractivity contribution >= 4 is 11.9 Å². The second-order valence-corrected chi connectivity index (χ2v) is 2.59. The molecule has 0 amide bonds. The zero-order chi connectivity index (χ0) is 11.0. The van der Waals surface area contributed by atoms with Crippen LogP contribution in [-0.2, 0) is 19.1 Å². The van der Waals surface area contributed by atoms with Gasteiger partial charge in [0.2, 0.25) is 0 Å². The smallest absolute Gasteiger partial charge is 0.321 e. The van der Waals surface area contributed by atoms with Gasteiger partial charge in [-0.05, 0) is 0 Å². The van der Waals surface area contributed by atoms with Gasteiger partial charge in [-0.1, -0.05) is 0 Å². The Morgan fingerprint density at radius 3 is 2.14 bits per heavy atom. The van der Waals surface area contributed by atoms with Gasteiger partial charge in [0.05, 0.1) is 14.2 Å². The van der Waals surface area contributed by atoms with Crippen LogP contribution >= 0.6 is 0 Å². The number of esters is 2. The summed E-state index contributed by atoms with van der Waals surface area (Å²) in [6.45, 7) is 1.15. The van der Waals surface area contributed by atoms with E-state index in [1.54, 1.807) is 0 Å². The van der Waals surface area contributed by atoms with E-state index in [1.165, 1.54) is 14.2 Å². The lowest BCUT2D eigenvalue weighted by Gasteiger charge is -2.12. The number of methoxy groups -OCH3 is 2. The molecule has 0 atom stereocenters. The van der Waals surface area contributed by atoms with Crippen LogP contribution in [0.2, 0.25) is 0 Å². The Morgan fingerprint density at radius 1 is 1.29 bits per heavy atom. The van der Waals surface area contributed by atoms with E-state index in [1.807, 2.05) is 0 Å². The quantitative estimate of drug-likeness (QED) is 0.311. The van der Waals surface area contributed by atoms with Crippen molar-refractivity contribution in [3.63, 3.8) is 0 Å². The molecule has 0 saturated carbocycles. The van der Waals surface area contributed by atoms with Gasteiger partial charge in [-0.15, -0.1) is 0 Å². The van der Waals surface area contributed by atoms with Gasteiger partial charge < -0.3 is 20.5 Å². The summed E-state index contributed by atoms with van der Waals surface area (Å²) in [6.07, 6.45) is 0. The average molecular weight is 204 g/mol. The SMILES string of the molecule is COC(=O)C(CNCCN)C(=O)OC. The van der Waals surface area contributed by atoms with Crippen LogP contribution < -0.4 is 11.1 Å². The van der Waals surface area contributed by atoms with E-state index < -0.39 is 17.9 Å². The molecule has 0 aromatic heterocycles. The van der Waals surface area contributed by atoms with Crippen LogP contribution in [-0.4, -0.2) is 45.8 Å². The first kappa shape index (κ1) is 12.9. The molecule has 82 valence electrons. The second-order valence-electron chi connectivity index (χ2n) is 2.59. The van der Waals surface area contributed by atoms with E-state index in [4.69, 9.17) is 5.73 Å². The summed E-state index contributed by atoms with van der Waals surface area (Å²) in [7, 11) is 2.45. The molecule has 0 heterocycles. The number of ether oxygens (including phenoxy) is 2. The summed E-state index contributed by atoms with van der Waals surface area (Å²) in [5.74, 6) is -2.14. The average Bonchev–Trinajstić information content (AvgIpc) is 2.22. The molecular weight excluding hydrogens is 188 g/mol. The van der Waals surface area contributed by atoms with Gasteiger partial charge in [0, 0.05) is 19.6 Å². The molecule has 6 heteroatoms. The molecule has 0 bridgehead atoms. The van der Waals surface area contributed by atoms with Crippen molar-refractivity contribution in [3.05, 3.63) is 0 Å². The number of rotatable bonds is 6. The lowest BCUT2D eigenvalue weighted by Crippen LogP contribution is -2.37. The predicted octanol–water partition coefficient (Wildman–Crippen LogP) is -1.50. The highest BCUT2D eigenvalue weighted by atomic mass is 16.5. The molecule has 0 radical (unpaired) electrons. The van der Waals surface area contributed by atoms with Crippen molar-refractivity contribution in [2.75, 3.05) is 33.9 Å². The monoisotopic (exact) mass is 204 g/mol. The van der Waals surface area contributed by atoms with Crippen molar-refractivity contribution in [1.29, 1.82) is 0 Å². The molecule has 14 heavy (non-hydrogen) atoms. The third kappa shape index (κ3) is 4.20. The van der Waals surface area contributed by atoms with Gasteiger partial charge in [0.1, 0.15) is 0 Å². The van der Waals surface area contributed by atoms with E-state index in [0.717, 1.165) is 0 Å². The van der Waals surface area contributed by atoms with Crippen LogP contribution in [0, 0.1) is 5.92 Å². The third-order valence-corrected chi connectivity index (χ3v) is 1.64. The highest BCUT2D eigenvalue weighted by molar-refractivity contribution is 5.95. The number of carbonyl (C=O) groups excluding carboxylic acids is 2. The molecule has 0 rings (SSSR count). The molecule has 0 unspecified atom stereocenters. The minimum atomic E-state index is -0.920. The lowest BCUT2D eigenvalue weighted by atomic mass is 10.1. The highest BCUT2D eigenvalue weighted by Gasteiger charge is 2.27. The fourth-order valence-electron chi connectivity index (χ4n) is 0.896. The summed E-state index contributed by atoms with van der Waals surface area (Å²) in [6, 6.07) is 0. The van der Waals surface area contributed by atoms with E-state index in [-0.39, 0.29) is 6.54 Å². The summed E-state index contributed by atoms with van der Waals surface area (Å²) < 4.78 is 8.91. The number of hydrogen-bond donors (Lipinski definition) is 2. The van der Waals surface area contributed by atoms with Crippen LogP contribution in [0.5, 0.6) is 0 Å². The number of nitrogens with one attached hydrogen (secondary N) is 1. The third-order valence-electron chi connectivity index (χ3n) is 1.64. The Morgan fingerprint density at radius 2 is 1.79 bits per heavy atom. The van der Waals surface area contributed by atoms with Gasteiger partial charge in [0.25, 0.3) is 0 Å². The molecular formula is C8H16N2O4. The Kier molecular flexibility index (Phi) is 6.69. The first-order valence-electron chi connectivity index (χ1n) is 4.23. The summed E-state index contributed by atoms with van der Waals surface area (Å²) in [5, 5.41) is 2.84. The van der Waals surface area contributed by atoms with Crippen molar-refractivity contribution in [1.82, 2.24) is 5.32 Å². The van der Waals surface area contributed by atoms with Gasteiger partial charge in [-0.2, -0.15) is 0 Å². The Labute approximate surface area is 82.7 Å². The molecule has 3 N–H and O–H groups in total. The Balaban J connectivity index is 4.11. The zero-order valence-corrected chi connectivity index (χ0v) is 8.41. The maximum atomic E-state index is 11.1. The molecule has 0 spiro atoms. The topological polar surface area (TPSA) is 90.6 Å². The summed E-state index contributed by atoms with van der Waals surface area (Å²) in [5.41, 5.74) is 5.24. The second kappa shape index (κ2) is 7.28. The van der Waals surface area contributed by atoms with Crippen LogP contribution in [0.15, 0.2) is 0 Å². The fourth-order valence-corrected chi connectivity index (χ4v) is 0.896. The molecule has 6 nitrogen and oxygen atoms in total. The molecule has 0 aliphatic rings. The number of hydrogen-bond acceptors (Lipinski definition) is 6. The van der Waals surface area contributed by atoms with Crippen LogP contribution in [0.4, 0.5) is 0 Å². The van der Waals surface area contributed by atoms with Crippen LogP contribution in [0.1, 0.15) is 0 Å². The zero-order valence-electron chi connectivity index (χ0n) is 8.41. The minimum Gasteiger partial charge on any atom is -0.468 e. The van der Waals surface area contributed by atoms with Crippen LogP contribution in [0.25, 0.3) is 0 Å². The predicted molar refractivity (Wildman–Crippen MR) is 49.4 cm³/mol. The van der Waals surface area contributed by atoms with Crippen molar-refractivity contribution in [2.24, 2.45) is 11.7 Å². The van der Waals surface area contributed by atoms with Gasteiger partial charge >= 0.3 is 11.9 Å². The molecule has 0 aromatic rings. The van der Waals surface area contributed by atoms with Crippen molar-refractivity contribution in [3.8, 4) is 0 Å². The normalized spacial score (nSPS) is 10.0. The number of carbonyl (C=O) groups is 2.